The lowest BCUT2D eigenvalue weighted by Gasteiger charge is -2.38. The van der Waals surface area contributed by atoms with Crippen LogP contribution in [-0.2, 0) is 11.3 Å². The average molecular weight is 276 g/mol. The van der Waals surface area contributed by atoms with Crippen molar-refractivity contribution < 1.29 is 4.79 Å². The highest BCUT2D eigenvalue weighted by atomic mass is 16.2. The summed E-state index contributed by atoms with van der Waals surface area (Å²) in [6.45, 7) is 2.51. The Balaban J connectivity index is 2.08. The van der Waals surface area contributed by atoms with Crippen LogP contribution in [0, 0.1) is 6.92 Å². The minimum absolute atomic E-state index is 0.171. The fourth-order valence-electron chi connectivity index (χ4n) is 2.81. The molecule has 1 N–H and O–H groups in total. The van der Waals surface area contributed by atoms with E-state index in [1.165, 1.54) is 6.42 Å². The molecule has 5 heteroatoms. The molecule has 0 saturated heterocycles. The predicted molar refractivity (Wildman–Crippen MR) is 78.1 cm³/mol. The zero-order valence-corrected chi connectivity index (χ0v) is 12.6. The summed E-state index contributed by atoms with van der Waals surface area (Å²) in [6, 6.07) is 0. The lowest BCUT2D eigenvalue weighted by molar-refractivity contribution is -0.137. The van der Waals surface area contributed by atoms with Crippen LogP contribution in [0.4, 0.5) is 0 Å². The van der Waals surface area contributed by atoms with E-state index >= 15 is 0 Å². The molecule has 0 radical (unpaired) electrons. The highest BCUT2D eigenvalue weighted by molar-refractivity contribution is 5.86. The molecule has 0 bridgehead atoms. The van der Waals surface area contributed by atoms with Crippen molar-refractivity contribution >= 4 is 5.91 Å². The van der Waals surface area contributed by atoms with Gasteiger partial charge in [0.15, 0.2) is 0 Å². The zero-order chi connectivity index (χ0) is 14.6. The molecular weight excluding hydrogens is 252 g/mol. The molecule has 1 saturated carbocycles. The molecule has 0 aromatic carbocycles. The Morgan fingerprint density at radius 3 is 2.40 bits per heavy atom. The van der Waals surface area contributed by atoms with Gasteiger partial charge >= 0.3 is 0 Å². The Morgan fingerprint density at radius 2 is 1.85 bits per heavy atom. The third-order valence-corrected chi connectivity index (χ3v) is 3.94. The molecule has 0 atom stereocenters. The number of amides is 1. The second kappa shape index (κ2) is 6.31. The number of nitrogens with zero attached hydrogens (tertiary/aromatic N) is 3. The van der Waals surface area contributed by atoms with Gasteiger partial charge in [-0.3, -0.25) is 10.1 Å². The zero-order valence-electron chi connectivity index (χ0n) is 12.6. The van der Waals surface area contributed by atoms with Gasteiger partial charge in [-0.2, -0.15) is 0 Å². The van der Waals surface area contributed by atoms with Crippen LogP contribution in [0.5, 0.6) is 0 Å². The maximum absolute atomic E-state index is 12.5. The van der Waals surface area contributed by atoms with E-state index in [2.05, 4.69) is 15.3 Å². The summed E-state index contributed by atoms with van der Waals surface area (Å²) in [5, 5.41) is 3.44. The number of carbonyl (C=O) groups excluding carboxylic acids is 1. The smallest absolute Gasteiger partial charge is 0.242 e. The number of hydrogen-bond acceptors (Lipinski definition) is 4. The number of nitrogens with one attached hydrogen (secondary N) is 1. The Labute approximate surface area is 120 Å². The molecule has 1 fully saturated rings. The Hall–Kier alpha value is -1.49. The predicted octanol–water partition coefficient (Wildman–Crippen LogP) is 1.67. The molecular formula is C15H24N4O. The molecule has 1 aliphatic rings. The summed E-state index contributed by atoms with van der Waals surface area (Å²) < 4.78 is 0. The third kappa shape index (κ3) is 3.33. The molecule has 5 nitrogen and oxygen atoms in total. The molecule has 110 valence electrons. The van der Waals surface area contributed by atoms with E-state index in [4.69, 9.17) is 0 Å². The number of rotatable bonds is 4. The fourth-order valence-corrected chi connectivity index (χ4v) is 2.81. The Kier molecular flexibility index (Phi) is 4.70. The van der Waals surface area contributed by atoms with Crippen LogP contribution in [0.3, 0.4) is 0 Å². The van der Waals surface area contributed by atoms with Crippen molar-refractivity contribution in [1.82, 2.24) is 20.2 Å². The topological polar surface area (TPSA) is 58.1 Å². The number of aromatic nitrogens is 2. The summed E-state index contributed by atoms with van der Waals surface area (Å²) in [5.41, 5.74) is 0.612. The standard InChI is InChI=1S/C15H24N4O/c1-12-9-16-13(17-10-12)11-18-15(14(20)19(2)3)7-5-4-6-8-15/h9-10,18H,4-8,11H2,1-3H3. The molecule has 1 amide bonds. The van der Waals surface area contributed by atoms with Crippen LogP contribution >= 0.6 is 0 Å². The van der Waals surface area contributed by atoms with Crippen LogP contribution in [0.25, 0.3) is 0 Å². The van der Waals surface area contributed by atoms with Crippen LogP contribution in [0.2, 0.25) is 0 Å². The summed E-state index contributed by atoms with van der Waals surface area (Å²) in [5.74, 6) is 0.913. The first-order chi connectivity index (χ1) is 9.53. The van der Waals surface area contributed by atoms with Gasteiger partial charge in [0.25, 0.3) is 0 Å². The van der Waals surface area contributed by atoms with Gasteiger partial charge < -0.3 is 4.90 Å². The lowest BCUT2D eigenvalue weighted by atomic mass is 9.80. The first-order valence-electron chi connectivity index (χ1n) is 7.28. The summed E-state index contributed by atoms with van der Waals surface area (Å²) in [4.78, 5) is 22.8. The van der Waals surface area contributed by atoms with E-state index in [9.17, 15) is 4.79 Å². The average Bonchev–Trinajstić information content (AvgIpc) is 2.47. The number of carbonyl (C=O) groups is 1. The van der Waals surface area contributed by atoms with E-state index < -0.39 is 5.54 Å². The van der Waals surface area contributed by atoms with Crippen molar-refractivity contribution in [3.05, 3.63) is 23.8 Å². The summed E-state index contributed by atoms with van der Waals surface area (Å²) in [6.07, 6.45) is 8.83. The second-order valence-electron chi connectivity index (χ2n) is 5.87. The maximum Gasteiger partial charge on any atom is 0.242 e. The van der Waals surface area contributed by atoms with Gasteiger partial charge in [-0.25, -0.2) is 9.97 Å². The van der Waals surface area contributed by atoms with Crippen LogP contribution < -0.4 is 5.32 Å². The molecule has 0 unspecified atom stereocenters. The quantitative estimate of drug-likeness (QED) is 0.908. The van der Waals surface area contributed by atoms with E-state index in [-0.39, 0.29) is 5.91 Å². The van der Waals surface area contributed by atoms with E-state index in [1.54, 1.807) is 4.90 Å². The van der Waals surface area contributed by atoms with Crippen LogP contribution in [0.1, 0.15) is 43.5 Å². The number of hydrogen-bond donors (Lipinski definition) is 1. The molecule has 1 aromatic rings. The number of aryl methyl sites for hydroxylation is 1. The highest BCUT2D eigenvalue weighted by Crippen LogP contribution is 2.29. The van der Waals surface area contributed by atoms with Gasteiger partial charge in [0.05, 0.1) is 12.1 Å². The largest absolute Gasteiger partial charge is 0.347 e. The first-order valence-corrected chi connectivity index (χ1v) is 7.28. The minimum Gasteiger partial charge on any atom is -0.347 e. The molecule has 1 aliphatic carbocycles. The van der Waals surface area contributed by atoms with Gasteiger partial charge in [0.2, 0.25) is 5.91 Å². The molecule has 2 rings (SSSR count). The molecule has 20 heavy (non-hydrogen) atoms. The fraction of sp³-hybridized carbons (Fsp3) is 0.667. The van der Waals surface area contributed by atoms with Crippen molar-refractivity contribution in [3.8, 4) is 0 Å². The van der Waals surface area contributed by atoms with E-state index in [0.717, 1.165) is 37.1 Å². The van der Waals surface area contributed by atoms with E-state index in [0.29, 0.717) is 6.54 Å². The number of likely N-dealkylation sites (N-methyl/N-ethyl adjacent to an activating group) is 1. The SMILES string of the molecule is Cc1cnc(CNC2(C(=O)N(C)C)CCCCC2)nc1. The van der Waals surface area contributed by atoms with Crippen molar-refractivity contribution in [2.45, 2.75) is 51.1 Å². The lowest BCUT2D eigenvalue weighted by Crippen LogP contribution is -2.57. The molecule has 1 heterocycles. The minimum atomic E-state index is -0.435. The Bertz CT molecular complexity index is 449. The van der Waals surface area contributed by atoms with Crippen molar-refractivity contribution in [1.29, 1.82) is 0 Å². The van der Waals surface area contributed by atoms with Crippen molar-refractivity contribution in [2.75, 3.05) is 14.1 Å². The Morgan fingerprint density at radius 1 is 1.25 bits per heavy atom. The first kappa shape index (κ1) is 14.9. The highest BCUT2D eigenvalue weighted by Gasteiger charge is 2.40. The van der Waals surface area contributed by atoms with Crippen molar-refractivity contribution in [3.63, 3.8) is 0 Å². The summed E-state index contributed by atoms with van der Waals surface area (Å²) >= 11 is 0. The van der Waals surface area contributed by atoms with Crippen molar-refractivity contribution in [2.24, 2.45) is 0 Å². The molecule has 0 spiro atoms. The molecule has 0 aliphatic heterocycles. The third-order valence-electron chi connectivity index (χ3n) is 3.94. The monoisotopic (exact) mass is 276 g/mol. The second-order valence-corrected chi connectivity index (χ2v) is 5.87. The van der Waals surface area contributed by atoms with Gasteiger partial charge in [-0.1, -0.05) is 19.3 Å². The summed E-state index contributed by atoms with van der Waals surface area (Å²) in [7, 11) is 3.64. The van der Waals surface area contributed by atoms with Crippen LogP contribution in [-0.4, -0.2) is 40.4 Å². The molecule has 1 aromatic heterocycles. The van der Waals surface area contributed by atoms with Gasteiger partial charge in [0.1, 0.15) is 5.82 Å². The van der Waals surface area contributed by atoms with Gasteiger partial charge in [-0.15, -0.1) is 0 Å². The van der Waals surface area contributed by atoms with Crippen LogP contribution in [0.15, 0.2) is 12.4 Å². The maximum atomic E-state index is 12.5. The van der Waals surface area contributed by atoms with E-state index in [1.807, 2.05) is 33.4 Å². The van der Waals surface area contributed by atoms with Gasteiger partial charge in [0, 0.05) is 26.5 Å². The normalized spacial score (nSPS) is 17.8. The van der Waals surface area contributed by atoms with Gasteiger partial charge in [-0.05, 0) is 25.3 Å².